The van der Waals surface area contributed by atoms with Crippen molar-refractivity contribution in [2.45, 2.75) is 30.2 Å². The van der Waals surface area contributed by atoms with Crippen LogP contribution in [-0.4, -0.2) is 36.7 Å². The Hall–Kier alpha value is -0.920. The van der Waals surface area contributed by atoms with Crippen LogP contribution in [0.15, 0.2) is 23.1 Å². The molecule has 1 saturated heterocycles. The number of rotatable bonds is 3. The van der Waals surface area contributed by atoms with Crippen molar-refractivity contribution >= 4 is 26.5 Å². The van der Waals surface area contributed by atoms with E-state index in [1.165, 1.54) is 0 Å². The molecule has 0 amide bonds. The summed E-state index contributed by atoms with van der Waals surface area (Å²) in [5, 5.41) is 3.22. The third-order valence-corrected chi connectivity index (χ3v) is 6.71. The number of fused-ring (bicyclic) bond motifs is 1. The molecule has 0 spiro atoms. The smallest absolute Gasteiger partial charge is 0.240 e. The van der Waals surface area contributed by atoms with Crippen molar-refractivity contribution in [1.82, 2.24) is 4.72 Å². The molecule has 0 bridgehead atoms. The second kappa shape index (κ2) is 5.46. The molecule has 1 aromatic rings. The van der Waals surface area contributed by atoms with Crippen molar-refractivity contribution in [3.05, 3.63) is 23.8 Å². The SMILES string of the molecule is O=S1CCC(NS(=O)(=O)c2ccc3c(c2)CCN3)CC1. The summed E-state index contributed by atoms with van der Waals surface area (Å²) in [4.78, 5) is 0.326. The van der Waals surface area contributed by atoms with Gasteiger partial charge in [0, 0.05) is 40.6 Å². The highest BCUT2D eigenvalue weighted by molar-refractivity contribution is 7.89. The molecule has 2 aliphatic rings. The van der Waals surface area contributed by atoms with E-state index in [0.717, 1.165) is 24.2 Å². The van der Waals surface area contributed by atoms with Crippen molar-refractivity contribution in [2.75, 3.05) is 23.4 Å². The molecule has 0 atom stereocenters. The maximum Gasteiger partial charge on any atom is 0.240 e. The first-order valence-corrected chi connectivity index (χ1v) is 9.76. The Balaban J connectivity index is 1.76. The van der Waals surface area contributed by atoms with Crippen LogP contribution in [0.25, 0.3) is 0 Å². The second-order valence-electron chi connectivity index (χ2n) is 5.24. The van der Waals surface area contributed by atoms with E-state index >= 15 is 0 Å². The summed E-state index contributed by atoms with van der Waals surface area (Å²) in [6.45, 7) is 0.862. The monoisotopic (exact) mass is 314 g/mol. The highest BCUT2D eigenvalue weighted by Crippen LogP contribution is 2.25. The number of anilines is 1. The van der Waals surface area contributed by atoms with Crippen LogP contribution < -0.4 is 10.0 Å². The average molecular weight is 314 g/mol. The Morgan fingerprint density at radius 1 is 1.25 bits per heavy atom. The maximum absolute atomic E-state index is 12.4. The highest BCUT2D eigenvalue weighted by Gasteiger charge is 2.25. The van der Waals surface area contributed by atoms with E-state index in [1.807, 2.05) is 6.07 Å². The predicted octanol–water partition coefficient (Wildman–Crippen LogP) is 0.844. The number of benzene rings is 1. The quantitative estimate of drug-likeness (QED) is 0.867. The van der Waals surface area contributed by atoms with Gasteiger partial charge in [0.05, 0.1) is 4.90 Å². The molecule has 7 heteroatoms. The molecule has 110 valence electrons. The molecule has 0 aromatic heterocycles. The summed E-state index contributed by atoms with van der Waals surface area (Å²) in [6.07, 6.45) is 2.16. The van der Waals surface area contributed by atoms with Gasteiger partial charge in [-0.15, -0.1) is 0 Å². The topological polar surface area (TPSA) is 75.3 Å². The highest BCUT2D eigenvalue weighted by atomic mass is 32.2. The van der Waals surface area contributed by atoms with E-state index in [2.05, 4.69) is 10.0 Å². The van der Waals surface area contributed by atoms with E-state index < -0.39 is 20.8 Å². The molecule has 1 aromatic carbocycles. The second-order valence-corrected chi connectivity index (χ2v) is 8.65. The standard InChI is InChI=1S/C13H18N2O3S2/c16-19-7-4-11(5-8-19)15-20(17,18)12-1-2-13-10(9-12)3-6-14-13/h1-2,9,11,14-15H,3-8H2. The first-order valence-electron chi connectivity index (χ1n) is 6.79. The third-order valence-electron chi connectivity index (χ3n) is 3.81. The fourth-order valence-corrected chi connectivity index (χ4v) is 5.30. The molecule has 2 aliphatic heterocycles. The molecule has 0 saturated carbocycles. The minimum Gasteiger partial charge on any atom is -0.384 e. The molecule has 2 heterocycles. The van der Waals surface area contributed by atoms with Crippen molar-refractivity contribution in [3.8, 4) is 0 Å². The number of hydrogen-bond acceptors (Lipinski definition) is 4. The molecule has 3 rings (SSSR count). The number of hydrogen-bond donors (Lipinski definition) is 2. The van der Waals surface area contributed by atoms with Gasteiger partial charge in [-0.2, -0.15) is 0 Å². The fraction of sp³-hybridized carbons (Fsp3) is 0.538. The average Bonchev–Trinajstić information content (AvgIpc) is 2.88. The molecular weight excluding hydrogens is 296 g/mol. The lowest BCUT2D eigenvalue weighted by molar-refractivity contribution is 0.522. The fourth-order valence-electron chi connectivity index (χ4n) is 2.65. The molecule has 0 radical (unpaired) electrons. The van der Waals surface area contributed by atoms with E-state index in [1.54, 1.807) is 12.1 Å². The lowest BCUT2D eigenvalue weighted by Gasteiger charge is -2.22. The van der Waals surface area contributed by atoms with Gasteiger partial charge in [-0.1, -0.05) is 0 Å². The lowest BCUT2D eigenvalue weighted by atomic mass is 10.2. The van der Waals surface area contributed by atoms with Crippen LogP contribution in [0.2, 0.25) is 0 Å². The molecule has 0 aliphatic carbocycles. The molecule has 1 fully saturated rings. The van der Waals surface area contributed by atoms with Gasteiger partial charge in [0.15, 0.2) is 0 Å². The Bertz CT molecular complexity index is 633. The normalized spacial score (nSPS) is 26.0. The Kier molecular flexibility index (Phi) is 3.83. The molecule has 2 N–H and O–H groups in total. The molecule has 5 nitrogen and oxygen atoms in total. The molecular formula is C13H18N2O3S2. The number of sulfonamides is 1. The van der Waals surface area contributed by atoms with Crippen molar-refractivity contribution in [1.29, 1.82) is 0 Å². The van der Waals surface area contributed by atoms with Crippen molar-refractivity contribution in [3.63, 3.8) is 0 Å². The summed E-state index contributed by atoms with van der Waals surface area (Å²) < 4.78 is 38.8. The van der Waals surface area contributed by atoms with Gasteiger partial charge in [-0.05, 0) is 43.0 Å². The minimum absolute atomic E-state index is 0.0934. The summed E-state index contributed by atoms with van der Waals surface area (Å²) >= 11 is 0. The lowest BCUT2D eigenvalue weighted by Crippen LogP contribution is -2.39. The largest absolute Gasteiger partial charge is 0.384 e. The van der Waals surface area contributed by atoms with Crippen LogP contribution in [0.4, 0.5) is 5.69 Å². The van der Waals surface area contributed by atoms with E-state index in [0.29, 0.717) is 29.2 Å². The van der Waals surface area contributed by atoms with E-state index in [4.69, 9.17) is 0 Å². The zero-order valence-corrected chi connectivity index (χ0v) is 12.7. The Morgan fingerprint density at radius 3 is 2.75 bits per heavy atom. The van der Waals surface area contributed by atoms with Crippen molar-refractivity contribution in [2.24, 2.45) is 0 Å². The van der Waals surface area contributed by atoms with Crippen LogP contribution in [0, 0.1) is 0 Å². The first-order chi connectivity index (χ1) is 9.54. The van der Waals surface area contributed by atoms with Gasteiger partial charge in [0.1, 0.15) is 0 Å². The Morgan fingerprint density at radius 2 is 2.00 bits per heavy atom. The van der Waals surface area contributed by atoms with Crippen LogP contribution in [-0.2, 0) is 27.2 Å². The van der Waals surface area contributed by atoms with Gasteiger partial charge in [-0.25, -0.2) is 13.1 Å². The minimum atomic E-state index is -3.48. The van der Waals surface area contributed by atoms with Crippen molar-refractivity contribution < 1.29 is 12.6 Å². The van der Waals surface area contributed by atoms with Crippen LogP contribution >= 0.6 is 0 Å². The summed E-state index contributed by atoms with van der Waals surface area (Å²) in [5.74, 6) is 1.17. The predicted molar refractivity (Wildman–Crippen MR) is 79.9 cm³/mol. The maximum atomic E-state index is 12.4. The van der Waals surface area contributed by atoms with Gasteiger partial charge in [0.2, 0.25) is 10.0 Å². The van der Waals surface area contributed by atoms with Crippen LogP contribution in [0.1, 0.15) is 18.4 Å². The van der Waals surface area contributed by atoms with E-state index in [9.17, 15) is 12.6 Å². The summed E-state index contributed by atoms with van der Waals surface area (Å²) in [6, 6.07) is 5.12. The van der Waals surface area contributed by atoms with E-state index in [-0.39, 0.29) is 6.04 Å². The summed E-state index contributed by atoms with van der Waals surface area (Å²) in [7, 11) is -4.25. The Labute approximate surface area is 121 Å². The number of nitrogens with one attached hydrogen (secondary N) is 2. The molecule has 20 heavy (non-hydrogen) atoms. The van der Waals surface area contributed by atoms with Gasteiger partial charge < -0.3 is 5.32 Å². The third kappa shape index (κ3) is 2.89. The van der Waals surface area contributed by atoms with Gasteiger partial charge >= 0.3 is 0 Å². The zero-order valence-electron chi connectivity index (χ0n) is 11.1. The summed E-state index contributed by atoms with van der Waals surface area (Å²) in [5.41, 5.74) is 2.08. The first kappa shape index (κ1) is 14.0. The zero-order chi connectivity index (χ0) is 14.2. The van der Waals surface area contributed by atoms with Gasteiger partial charge in [-0.3, -0.25) is 4.21 Å². The van der Waals surface area contributed by atoms with Gasteiger partial charge in [0.25, 0.3) is 0 Å². The van der Waals surface area contributed by atoms with Crippen LogP contribution in [0.3, 0.4) is 0 Å². The van der Waals surface area contributed by atoms with Crippen LogP contribution in [0.5, 0.6) is 0 Å². The molecule has 0 unspecified atom stereocenters.